The van der Waals surface area contributed by atoms with E-state index in [9.17, 15) is 14.7 Å². The van der Waals surface area contributed by atoms with Crippen LogP contribution in [0.1, 0.15) is 36.9 Å². The van der Waals surface area contributed by atoms with E-state index in [0.717, 1.165) is 12.8 Å². The Hall–Kier alpha value is -3.48. The predicted octanol–water partition coefficient (Wildman–Crippen LogP) is 3.93. The van der Waals surface area contributed by atoms with E-state index < -0.39 is 17.7 Å². The Morgan fingerprint density at radius 1 is 0.968 bits per heavy atom. The van der Waals surface area contributed by atoms with Gasteiger partial charge in [0.05, 0.1) is 32.9 Å². The van der Waals surface area contributed by atoms with Gasteiger partial charge < -0.3 is 24.2 Å². The average molecular weight is 425 g/mol. The summed E-state index contributed by atoms with van der Waals surface area (Å²) in [5.74, 6) is 0.0875. The number of Topliss-reactive ketones (excluding diaryl/α,β-unsaturated/α-hetero) is 1. The molecule has 7 nitrogen and oxygen atoms in total. The zero-order chi connectivity index (χ0) is 22.5. The van der Waals surface area contributed by atoms with Gasteiger partial charge in [0, 0.05) is 23.7 Å². The van der Waals surface area contributed by atoms with Crippen molar-refractivity contribution < 1.29 is 28.9 Å². The number of hydrogen-bond donors (Lipinski definition) is 1. The molecule has 1 fully saturated rings. The lowest BCUT2D eigenvalue weighted by atomic mass is 9.94. The van der Waals surface area contributed by atoms with E-state index in [1.54, 1.807) is 56.7 Å². The molecule has 1 saturated heterocycles. The monoisotopic (exact) mass is 425 g/mol. The van der Waals surface area contributed by atoms with Crippen LogP contribution in [-0.4, -0.2) is 49.6 Å². The van der Waals surface area contributed by atoms with Crippen molar-refractivity contribution in [3.8, 4) is 17.2 Å². The standard InChI is InChI=1S/C24H27NO6/c1-5-6-13-25-21(18-12-11-17(30-3)14-19(18)31-4)20(23(27)24(25)28)22(26)15-7-9-16(29-2)10-8-15/h7-12,14,21,26H,5-6,13H2,1-4H3/b22-20-. The topological polar surface area (TPSA) is 85.3 Å². The molecule has 0 radical (unpaired) electrons. The summed E-state index contributed by atoms with van der Waals surface area (Å²) in [6, 6.07) is 11.1. The maximum Gasteiger partial charge on any atom is 0.295 e. The summed E-state index contributed by atoms with van der Waals surface area (Å²) in [4.78, 5) is 27.4. The lowest BCUT2D eigenvalue weighted by molar-refractivity contribution is -0.139. The summed E-state index contributed by atoms with van der Waals surface area (Å²) in [5.41, 5.74) is 1.06. The fourth-order valence-corrected chi connectivity index (χ4v) is 3.71. The molecule has 0 spiro atoms. The molecule has 1 unspecified atom stereocenters. The van der Waals surface area contributed by atoms with Gasteiger partial charge in [-0.15, -0.1) is 0 Å². The Balaban J connectivity index is 2.19. The van der Waals surface area contributed by atoms with Gasteiger partial charge in [0.1, 0.15) is 23.0 Å². The molecule has 0 saturated carbocycles. The van der Waals surface area contributed by atoms with Crippen LogP contribution in [0.15, 0.2) is 48.0 Å². The highest BCUT2D eigenvalue weighted by atomic mass is 16.5. The van der Waals surface area contributed by atoms with Crippen molar-refractivity contribution in [1.29, 1.82) is 0 Å². The summed E-state index contributed by atoms with van der Waals surface area (Å²) >= 11 is 0. The van der Waals surface area contributed by atoms with Gasteiger partial charge in [-0.2, -0.15) is 0 Å². The van der Waals surface area contributed by atoms with E-state index in [4.69, 9.17) is 14.2 Å². The number of aliphatic hydroxyl groups excluding tert-OH is 1. The second-order valence-electron chi connectivity index (χ2n) is 7.18. The number of benzene rings is 2. The third-order valence-electron chi connectivity index (χ3n) is 5.39. The first-order valence-corrected chi connectivity index (χ1v) is 10.1. The van der Waals surface area contributed by atoms with Gasteiger partial charge in [0.25, 0.3) is 11.7 Å². The van der Waals surface area contributed by atoms with E-state index in [1.165, 1.54) is 12.0 Å². The van der Waals surface area contributed by atoms with Crippen LogP contribution in [0.3, 0.4) is 0 Å². The van der Waals surface area contributed by atoms with Gasteiger partial charge in [-0.1, -0.05) is 13.3 Å². The van der Waals surface area contributed by atoms with E-state index in [1.807, 2.05) is 6.92 Å². The molecule has 2 aromatic carbocycles. The molecule has 0 aromatic heterocycles. The number of aliphatic hydroxyl groups is 1. The second-order valence-corrected chi connectivity index (χ2v) is 7.18. The third kappa shape index (κ3) is 4.21. The van der Waals surface area contributed by atoms with Crippen LogP contribution >= 0.6 is 0 Å². The largest absolute Gasteiger partial charge is 0.507 e. The smallest absolute Gasteiger partial charge is 0.295 e. The van der Waals surface area contributed by atoms with Gasteiger partial charge in [0.15, 0.2) is 0 Å². The highest BCUT2D eigenvalue weighted by Crippen LogP contribution is 2.43. The average Bonchev–Trinajstić information content (AvgIpc) is 3.06. The lowest BCUT2D eigenvalue weighted by Gasteiger charge is -2.26. The fourth-order valence-electron chi connectivity index (χ4n) is 3.71. The number of carbonyl (C=O) groups excluding carboxylic acids is 2. The highest BCUT2D eigenvalue weighted by Gasteiger charge is 2.46. The Morgan fingerprint density at radius 3 is 2.19 bits per heavy atom. The molecule has 1 aliphatic heterocycles. The van der Waals surface area contributed by atoms with Gasteiger partial charge in [-0.25, -0.2) is 0 Å². The number of hydrogen-bond acceptors (Lipinski definition) is 6. The van der Waals surface area contributed by atoms with Crippen molar-refractivity contribution in [3.63, 3.8) is 0 Å². The number of rotatable bonds is 8. The molecule has 0 aliphatic carbocycles. The SMILES string of the molecule is CCCCN1C(=O)C(=O)/C(=C(\O)c2ccc(OC)cc2)C1c1ccc(OC)cc1OC. The molecule has 164 valence electrons. The van der Waals surface area contributed by atoms with Crippen LogP contribution in [-0.2, 0) is 9.59 Å². The number of amides is 1. The van der Waals surface area contributed by atoms with Crippen molar-refractivity contribution in [3.05, 3.63) is 59.2 Å². The number of nitrogens with zero attached hydrogens (tertiary/aromatic N) is 1. The Labute approximate surface area is 181 Å². The molecule has 1 amide bonds. The van der Waals surface area contributed by atoms with E-state index >= 15 is 0 Å². The molecule has 1 N–H and O–H groups in total. The van der Waals surface area contributed by atoms with Crippen molar-refractivity contribution >= 4 is 17.4 Å². The number of ether oxygens (including phenoxy) is 3. The summed E-state index contributed by atoms with van der Waals surface area (Å²) in [6.07, 6.45) is 1.58. The van der Waals surface area contributed by atoms with Crippen LogP contribution in [0.2, 0.25) is 0 Å². The maximum atomic E-state index is 13.0. The van der Waals surface area contributed by atoms with E-state index in [-0.39, 0.29) is 11.3 Å². The summed E-state index contributed by atoms with van der Waals surface area (Å²) in [5, 5.41) is 11.1. The molecule has 3 rings (SSSR count). The van der Waals surface area contributed by atoms with Crippen molar-refractivity contribution in [2.45, 2.75) is 25.8 Å². The first kappa shape index (κ1) is 22.2. The van der Waals surface area contributed by atoms with Crippen LogP contribution < -0.4 is 14.2 Å². The number of carbonyl (C=O) groups is 2. The number of ketones is 1. The van der Waals surface area contributed by atoms with Crippen LogP contribution in [0.4, 0.5) is 0 Å². The van der Waals surface area contributed by atoms with E-state index in [2.05, 4.69) is 0 Å². The van der Waals surface area contributed by atoms with E-state index in [0.29, 0.717) is 34.9 Å². The summed E-state index contributed by atoms with van der Waals surface area (Å²) < 4.78 is 16.0. The quantitative estimate of drug-likeness (QED) is 0.392. The summed E-state index contributed by atoms with van der Waals surface area (Å²) in [6.45, 7) is 2.40. The molecule has 31 heavy (non-hydrogen) atoms. The minimum Gasteiger partial charge on any atom is -0.507 e. The van der Waals surface area contributed by atoms with Crippen LogP contribution in [0, 0.1) is 0 Å². The Bertz CT molecular complexity index is 996. The second kappa shape index (κ2) is 9.55. The van der Waals surface area contributed by atoms with Crippen molar-refractivity contribution in [2.75, 3.05) is 27.9 Å². The first-order chi connectivity index (χ1) is 15.0. The van der Waals surface area contributed by atoms with Crippen LogP contribution in [0.25, 0.3) is 5.76 Å². The zero-order valence-corrected chi connectivity index (χ0v) is 18.2. The molecule has 1 aliphatic rings. The minimum atomic E-state index is -0.769. The number of methoxy groups -OCH3 is 3. The molecular formula is C24H27NO6. The number of likely N-dealkylation sites (tertiary alicyclic amines) is 1. The van der Waals surface area contributed by atoms with Gasteiger partial charge in [-0.3, -0.25) is 9.59 Å². The van der Waals surface area contributed by atoms with Crippen LogP contribution in [0.5, 0.6) is 17.2 Å². The summed E-state index contributed by atoms with van der Waals surface area (Å²) in [7, 11) is 4.61. The molecule has 1 heterocycles. The minimum absolute atomic E-state index is 0.0368. The van der Waals surface area contributed by atoms with Gasteiger partial charge in [0.2, 0.25) is 0 Å². The molecule has 0 bridgehead atoms. The molecule has 7 heteroatoms. The maximum absolute atomic E-state index is 13.0. The van der Waals surface area contributed by atoms with Gasteiger partial charge in [-0.05, 0) is 42.8 Å². The van der Waals surface area contributed by atoms with Crippen molar-refractivity contribution in [1.82, 2.24) is 4.90 Å². The fraction of sp³-hybridized carbons (Fsp3) is 0.333. The van der Waals surface area contributed by atoms with Crippen molar-refractivity contribution in [2.24, 2.45) is 0 Å². The molecular weight excluding hydrogens is 398 g/mol. The third-order valence-corrected chi connectivity index (χ3v) is 5.39. The molecule has 2 aromatic rings. The highest BCUT2D eigenvalue weighted by molar-refractivity contribution is 6.46. The first-order valence-electron chi connectivity index (χ1n) is 10.1. The molecule has 1 atom stereocenters. The normalized spacial score (nSPS) is 17.7. The Kier molecular flexibility index (Phi) is 6.84. The number of unbranched alkanes of at least 4 members (excludes halogenated alkanes) is 1. The van der Waals surface area contributed by atoms with Gasteiger partial charge >= 0.3 is 0 Å². The zero-order valence-electron chi connectivity index (χ0n) is 18.2. The Morgan fingerprint density at radius 2 is 1.61 bits per heavy atom. The predicted molar refractivity (Wildman–Crippen MR) is 116 cm³/mol. The lowest BCUT2D eigenvalue weighted by Crippen LogP contribution is -2.30.